The van der Waals surface area contributed by atoms with Crippen molar-refractivity contribution in [2.75, 3.05) is 12.4 Å². The van der Waals surface area contributed by atoms with Gasteiger partial charge in [0.25, 0.3) is 0 Å². The molecule has 5 nitrogen and oxygen atoms in total. The molecule has 0 N–H and O–H groups in total. The third-order valence-electron chi connectivity index (χ3n) is 2.99. The average molecular weight is 354 g/mol. The summed E-state index contributed by atoms with van der Waals surface area (Å²) >= 11 is 7.29. The van der Waals surface area contributed by atoms with E-state index in [0.717, 1.165) is 23.1 Å². The number of rotatable bonds is 7. The minimum absolute atomic E-state index is 0.227. The van der Waals surface area contributed by atoms with Gasteiger partial charge in [0.05, 0.1) is 12.4 Å². The predicted molar refractivity (Wildman–Crippen MR) is 92.7 cm³/mol. The van der Waals surface area contributed by atoms with Crippen LogP contribution in [0.25, 0.3) is 11.4 Å². The van der Waals surface area contributed by atoms with E-state index in [1.54, 1.807) is 6.92 Å². The van der Waals surface area contributed by atoms with Crippen LogP contribution in [0.5, 0.6) is 0 Å². The molecular weight excluding hydrogens is 334 g/mol. The van der Waals surface area contributed by atoms with Crippen LogP contribution < -0.4 is 0 Å². The molecule has 1 aromatic carbocycles. The number of thioether (sulfide) groups is 1. The molecule has 23 heavy (non-hydrogen) atoms. The molecule has 2 aromatic rings. The molecule has 0 unspecified atom stereocenters. The minimum Gasteiger partial charge on any atom is -0.465 e. The van der Waals surface area contributed by atoms with E-state index in [4.69, 9.17) is 16.3 Å². The molecular formula is C16H20ClN3O2S. The first-order valence-corrected chi connectivity index (χ1v) is 8.85. The predicted octanol–water partition coefficient (Wildman–Crippen LogP) is 3.91. The molecule has 0 atom stereocenters. The zero-order valence-electron chi connectivity index (χ0n) is 13.5. The molecule has 0 aliphatic carbocycles. The van der Waals surface area contributed by atoms with Gasteiger partial charge >= 0.3 is 5.97 Å². The fraction of sp³-hybridized carbons (Fsp3) is 0.438. The lowest BCUT2D eigenvalue weighted by molar-refractivity contribution is -0.139. The number of hydrogen-bond acceptors (Lipinski definition) is 5. The highest BCUT2D eigenvalue weighted by Crippen LogP contribution is 2.26. The van der Waals surface area contributed by atoms with Crippen LogP contribution in [0, 0.1) is 5.92 Å². The van der Waals surface area contributed by atoms with Gasteiger partial charge in [-0.1, -0.05) is 37.2 Å². The Hall–Kier alpha value is -1.53. The van der Waals surface area contributed by atoms with Crippen LogP contribution in [0.3, 0.4) is 0 Å². The molecule has 0 spiro atoms. The zero-order chi connectivity index (χ0) is 16.8. The van der Waals surface area contributed by atoms with Gasteiger partial charge in [-0.15, -0.1) is 10.2 Å². The summed E-state index contributed by atoms with van der Waals surface area (Å²) < 4.78 is 7.00. The lowest BCUT2D eigenvalue weighted by atomic mass is 10.2. The second-order valence-corrected chi connectivity index (χ2v) is 6.79. The SMILES string of the molecule is CCOC(=O)CSc1nnc(-c2ccc(Cl)cc2)n1CC(C)C. The van der Waals surface area contributed by atoms with E-state index >= 15 is 0 Å². The summed E-state index contributed by atoms with van der Waals surface area (Å²) in [5, 5.41) is 9.93. The van der Waals surface area contributed by atoms with Gasteiger partial charge in [-0.2, -0.15) is 0 Å². The molecule has 1 aromatic heterocycles. The van der Waals surface area contributed by atoms with Crippen molar-refractivity contribution < 1.29 is 9.53 Å². The second-order valence-electron chi connectivity index (χ2n) is 5.41. The molecule has 0 bridgehead atoms. The van der Waals surface area contributed by atoms with Crippen LogP contribution in [-0.4, -0.2) is 33.1 Å². The van der Waals surface area contributed by atoms with Gasteiger partial charge in [0.2, 0.25) is 0 Å². The minimum atomic E-state index is -0.246. The van der Waals surface area contributed by atoms with Gasteiger partial charge in [-0.05, 0) is 37.1 Å². The first-order valence-electron chi connectivity index (χ1n) is 7.48. The van der Waals surface area contributed by atoms with E-state index < -0.39 is 0 Å². The molecule has 7 heteroatoms. The molecule has 0 saturated carbocycles. The van der Waals surface area contributed by atoms with Crippen molar-refractivity contribution in [1.82, 2.24) is 14.8 Å². The van der Waals surface area contributed by atoms with Crippen LogP contribution >= 0.6 is 23.4 Å². The summed E-state index contributed by atoms with van der Waals surface area (Å²) in [4.78, 5) is 11.5. The second kappa shape index (κ2) is 8.36. The highest BCUT2D eigenvalue weighted by atomic mass is 35.5. The standard InChI is InChI=1S/C16H20ClN3O2S/c1-4-22-14(21)10-23-16-19-18-15(20(16)9-11(2)3)12-5-7-13(17)8-6-12/h5-8,11H,4,9-10H2,1-3H3. The Balaban J connectivity index is 2.25. The van der Waals surface area contributed by atoms with Crippen LogP contribution in [0.15, 0.2) is 29.4 Å². The van der Waals surface area contributed by atoms with Gasteiger partial charge in [0, 0.05) is 17.1 Å². The lowest BCUT2D eigenvalue weighted by Gasteiger charge is -2.12. The van der Waals surface area contributed by atoms with Crippen molar-refractivity contribution in [2.45, 2.75) is 32.5 Å². The number of carbonyl (C=O) groups excluding carboxylic acids is 1. The Kier molecular flexibility index (Phi) is 6.47. The van der Waals surface area contributed by atoms with E-state index in [1.807, 2.05) is 28.8 Å². The van der Waals surface area contributed by atoms with Crippen LogP contribution in [0.4, 0.5) is 0 Å². The number of benzene rings is 1. The quantitative estimate of drug-likeness (QED) is 0.558. The summed E-state index contributed by atoms with van der Waals surface area (Å²) in [6, 6.07) is 7.50. The van der Waals surface area contributed by atoms with Gasteiger partial charge < -0.3 is 9.30 Å². The highest BCUT2D eigenvalue weighted by Gasteiger charge is 2.16. The molecule has 124 valence electrons. The first-order chi connectivity index (χ1) is 11.0. The van der Waals surface area contributed by atoms with Crippen molar-refractivity contribution in [3.63, 3.8) is 0 Å². The Morgan fingerprint density at radius 2 is 2.00 bits per heavy atom. The Morgan fingerprint density at radius 1 is 1.30 bits per heavy atom. The molecule has 0 aliphatic rings. The van der Waals surface area contributed by atoms with Crippen LogP contribution in [0.2, 0.25) is 5.02 Å². The molecule has 1 heterocycles. The highest BCUT2D eigenvalue weighted by molar-refractivity contribution is 7.99. The molecule has 2 rings (SSSR count). The summed E-state index contributed by atoms with van der Waals surface area (Å²) in [6.45, 7) is 7.21. The lowest BCUT2D eigenvalue weighted by Crippen LogP contribution is -2.10. The number of hydrogen-bond donors (Lipinski definition) is 0. The van der Waals surface area contributed by atoms with Gasteiger partial charge in [0.1, 0.15) is 0 Å². The normalized spacial score (nSPS) is 11.0. The maximum absolute atomic E-state index is 11.5. The third kappa shape index (κ3) is 4.97. The number of carbonyl (C=O) groups is 1. The van der Waals surface area contributed by atoms with Crippen molar-refractivity contribution in [2.24, 2.45) is 5.92 Å². The van der Waals surface area contributed by atoms with E-state index in [0.29, 0.717) is 17.5 Å². The molecule has 0 aliphatic heterocycles. The van der Waals surface area contributed by atoms with E-state index in [9.17, 15) is 4.79 Å². The summed E-state index contributed by atoms with van der Waals surface area (Å²) in [6.07, 6.45) is 0. The Morgan fingerprint density at radius 3 is 2.61 bits per heavy atom. The largest absolute Gasteiger partial charge is 0.465 e. The maximum Gasteiger partial charge on any atom is 0.316 e. The summed E-state index contributed by atoms with van der Waals surface area (Å²) in [5.41, 5.74) is 0.950. The fourth-order valence-electron chi connectivity index (χ4n) is 2.06. The number of halogens is 1. The number of esters is 1. The Bertz CT molecular complexity index is 656. The van der Waals surface area contributed by atoms with E-state index in [2.05, 4.69) is 24.0 Å². The van der Waals surface area contributed by atoms with Gasteiger partial charge in [-0.3, -0.25) is 4.79 Å². The average Bonchev–Trinajstić information content (AvgIpc) is 2.88. The maximum atomic E-state index is 11.5. The summed E-state index contributed by atoms with van der Waals surface area (Å²) in [5.74, 6) is 1.19. The number of nitrogens with zero attached hydrogens (tertiary/aromatic N) is 3. The van der Waals surface area contributed by atoms with Crippen LogP contribution in [0.1, 0.15) is 20.8 Å². The molecule has 0 saturated heterocycles. The topological polar surface area (TPSA) is 57.0 Å². The molecule has 0 fully saturated rings. The van der Waals surface area contributed by atoms with Crippen molar-refractivity contribution in [3.05, 3.63) is 29.3 Å². The van der Waals surface area contributed by atoms with Crippen molar-refractivity contribution >= 4 is 29.3 Å². The van der Waals surface area contributed by atoms with E-state index in [-0.39, 0.29) is 11.7 Å². The van der Waals surface area contributed by atoms with Crippen molar-refractivity contribution in [3.8, 4) is 11.4 Å². The van der Waals surface area contributed by atoms with Gasteiger partial charge in [-0.25, -0.2) is 0 Å². The van der Waals surface area contributed by atoms with Crippen molar-refractivity contribution in [1.29, 1.82) is 0 Å². The monoisotopic (exact) mass is 353 g/mol. The van der Waals surface area contributed by atoms with Gasteiger partial charge in [0.15, 0.2) is 11.0 Å². The number of ether oxygens (including phenoxy) is 1. The first kappa shape index (κ1) is 17.8. The van der Waals surface area contributed by atoms with Crippen LogP contribution in [-0.2, 0) is 16.1 Å². The summed E-state index contributed by atoms with van der Waals surface area (Å²) in [7, 11) is 0. The number of aromatic nitrogens is 3. The van der Waals surface area contributed by atoms with E-state index in [1.165, 1.54) is 11.8 Å². The smallest absolute Gasteiger partial charge is 0.316 e. The zero-order valence-corrected chi connectivity index (χ0v) is 15.0. The fourth-order valence-corrected chi connectivity index (χ4v) is 2.94. The third-order valence-corrected chi connectivity index (χ3v) is 4.18. The Labute approximate surface area is 145 Å². The molecule has 0 radical (unpaired) electrons. The molecule has 0 amide bonds.